The number of likely N-dealkylation sites (tertiary alicyclic amines) is 1. The molecule has 0 bridgehead atoms. The number of hydrogen-bond acceptors (Lipinski definition) is 3. The topological polar surface area (TPSA) is 46.5 Å². The Morgan fingerprint density at radius 2 is 1.78 bits per heavy atom. The molecule has 0 spiro atoms. The van der Waals surface area contributed by atoms with Crippen molar-refractivity contribution in [2.75, 3.05) is 25.5 Å². The molecule has 4 aromatic rings. The third-order valence-electron chi connectivity index (χ3n) is 7.26. The minimum absolute atomic E-state index is 0.0215. The number of fused-ring (bicyclic) bond motifs is 1. The predicted molar refractivity (Wildman–Crippen MR) is 147 cm³/mol. The lowest BCUT2D eigenvalue weighted by molar-refractivity contribution is -0.118. The summed E-state index contributed by atoms with van der Waals surface area (Å²) < 4.78 is 7.73. The molecule has 5 nitrogen and oxygen atoms in total. The number of para-hydroxylation sites is 1. The van der Waals surface area contributed by atoms with E-state index in [1.165, 1.54) is 22.0 Å². The summed E-state index contributed by atoms with van der Waals surface area (Å²) in [5, 5.41) is 4.34. The molecule has 5 rings (SSSR count). The van der Waals surface area contributed by atoms with Crippen LogP contribution in [0.25, 0.3) is 16.6 Å². The van der Waals surface area contributed by atoms with Gasteiger partial charge < -0.3 is 14.6 Å². The van der Waals surface area contributed by atoms with Crippen LogP contribution in [-0.4, -0.2) is 35.6 Å². The van der Waals surface area contributed by atoms with Gasteiger partial charge in [-0.1, -0.05) is 50.2 Å². The first-order valence-electron chi connectivity index (χ1n) is 12.9. The maximum absolute atomic E-state index is 12.1. The summed E-state index contributed by atoms with van der Waals surface area (Å²) in [6.07, 6.45) is 4.53. The van der Waals surface area contributed by atoms with Crippen LogP contribution in [0.2, 0.25) is 0 Å². The molecule has 0 radical (unpaired) electrons. The molecule has 3 aromatic carbocycles. The molecule has 1 amide bonds. The number of anilines is 1. The van der Waals surface area contributed by atoms with E-state index in [9.17, 15) is 4.79 Å². The third-order valence-corrected chi connectivity index (χ3v) is 7.26. The van der Waals surface area contributed by atoms with Crippen molar-refractivity contribution in [3.63, 3.8) is 0 Å². The van der Waals surface area contributed by atoms with Gasteiger partial charge in [-0.2, -0.15) is 0 Å². The van der Waals surface area contributed by atoms with Gasteiger partial charge >= 0.3 is 0 Å². The van der Waals surface area contributed by atoms with Crippen molar-refractivity contribution in [2.24, 2.45) is 5.92 Å². The standard InChI is InChI=1S/C31H35N3O2/c1-22(2)31(35)32-26-9-6-8-24(18-26)23-14-16-33(17-15-23)20-25-21-34(30-13-5-4-12-29(25)30)27-10-7-11-28(19-27)36-3/h4-13,18-19,21-23H,14-17,20H2,1-3H3,(H,32,35). The van der Waals surface area contributed by atoms with Crippen LogP contribution in [0.1, 0.15) is 43.7 Å². The number of amides is 1. The van der Waals surface area contributed by atoms with Crippen molar-refractivity contribution in [3.05, 3.63) is 90.1 Å². The van der Waals surface area contributed by atoms with Gasteiger partial charge in [0.1, 0.15) is 5.75 Å². The summed E-state index contributed by atoms with van der Waals surface area (Å²) in [5.74, 6) is 1.43. The second kappa shape index (κ2) is 10.6. The second-order valence-electron chi connectivity index (χ2n) is 10.1. The molecule has 5 heteroatoms. The highest BCUT2D eigenvalue weighted by Gasteiger charge is 2.22. The number of ether oxygens (including phenoxy) is 1. The molecule has 1 N–H and O–H groups in total. The van der Waals surface area contributed by atoms with Gasteiger partial charge in [0.15, 0.2) is 0 Å². The molecule has 1 aliphatic heterocycles. The minimum atomic E-state index is -0.0215. The number of piperidine rings is 1. The highest BCUT2D eigenvalue weighted by Crippen LogP contribution is 2.32. The van der Waals surface area contributed by atoms with Gasteiger partial charge in [-0.15, -0.1) is 0 Å². The molecular formula is C31H35N3O2. The first-order valence-corrected chi connectivity index (χ1v) is 12.9. The molecule has 0 unspecified atom stereocenters. The molecule has 2 heterocycles. The van der Waals surface area contributed by atoms with Crippen LogP contribution in [0.3, 0.4) is 0 Å². The molecule has 1 fully saturated rings. The van der Waals surface area contributed by atoms with E-state index in [0.29, 0.717) is 5.92 Å². The molecule has 1 aromatic heterocycles. The quantitative estimate of drug-likeness (QED) is 0.323. The fraction of sp³-hybridized carbons (Fsp3) is 0.323. The Bertz CT molecular complexity index is 1350. The number of hydrogen-bond donors (Lipinski definition) is 1. The number of carbonyl (C=O) groups is 1. The van der Waals surface area contributed by atoms with Crippen LogP contribution in [0.4, 0.5) is 5.69 Å². The summed E-state index contributed by atoms with van der Waals surface area (Å²) in [5.41, 5.74) is 5.91. The maximum atomic E-state index is 12.1. The molecule has 0 atom stereocenters. The Kier molecular flexibility index (Phi) is 7.10. The zero-order valence-electron chi connectivity index (χ0n) is 21.4. The van der Waals surface area contributed by atoms with Gasteiger partial charge in [0.05, 0.1) is 12.6 Å². The molecule has 1 aliphatic rings. The smallest absolute Gasteiger partial charge is 0.226 e. The number of carbonyl (C=O) groups excluding carboxylic acids is 1. The largest absolute Gasteiger partial charge is 0.497 e. The van der Waals surface area contributed by atoms with Crippen LogP contribution >= 0.6 is 0 Å². The van der Waals surface area contributed by atoms with Crippen molar-refractivity contribution in [1.29, 1.82) is 0 Å². The van der Waals surface area contributed by atoms with Gasteiger partial charge in [0.25, 0.3) is 0 Å². The highest BCUT2D eigenvalue weighted by molar-refractivity contribution is 5.92. The van der Waals surface area contributed by atoms with E-state index in [4.69, 9.17) is 4.74 Å². The number of benzene rings is 3. The van der Waals surface area contributed by atoms with E-state index < -0.39 is 0 Å². The third kappa shape index (κ3) is 5.17. The number of methoxy groups -OCH3 is 1. The number of rotatable bonds is 7. The second-order valence-corrected chi connectivity index (χ2v) is 10.1. The zero-order valence-corrected chi connectivity index (χ0v) is 21.4. The van der Waals surface area contributed by atoms with Gasteiger partial charge in [-0.3, -0.25) is 9.69 Å². The normalized spacial score (nSPS) is 14.9. The Morgan fingerprint density at radius 3 is 2.56 bits per heavy atom. The van der Waals surface area contributed by atoms with E-state index in [1.54, 1.807) is 7.11 Å². The summed E-state index contributed by atoms with van der Waals surface area (Å²) in [4.78, 5) is 14.7. The van der Waals surface area contributed by atoms with Crippen molar-refractivity contribution < 1.29 is 9.53 Å². The van der Waals surface area contributed by atoms with Gasteiger partial charge in [0.2, 0.25) is 5.91 Å². The van der Waals surface area contributed by atoms with Crippen LogP contribution < -0.4 is 10.1 Å². The minimum Gasteiger partial charge on any atom is -0.497 e. The van der Waals surface area contributed by atoms with Crippen molar-refractivity contribution in [2.45, 2.75) is 39.2 Å². The SMILES string of the molecule is COc1cccc(-n2cc(CN3CCC(c4cccc(NC(=O)C(C)C)c4)CC3)c3ccccc32)c1. The Labute approximate surface area is 213 Å². The van der Waals surface area contributed by atoms with Crippen LogP contribution in [-0.2, 0) is 11.3 Å². The Morgan fingerprint density at radius 1 is 1.00 bits per heavy atom. The van der Waals surface area contributed by atoms with E-state index in [1.807, 2.05) is 32.0 Å². The summed E-state index contributed by atoms with van der Waals surface area (Å²) in [6, 6.07) is 25.3. The zero-order chi connectivity index (χ0) is 25.1. The van der Waals surface area contributed by atoms with Crippen molar-refractivity contribution in [3.8, 4) is 11.4 Å². The van der Waals surface area contributed by atoms with E-state index in [2.05, 4.69) is 75.6 Å². The van der Waals surface area contributed by atoms with Crippen molar-refractivity contribution >= 4 is 22.5 Å². The fourth-order valence-electron chi connectivity index (χ4n) is 5.17. The number of aromatic nitrogens is 1. The molecule has 0 aliphatic carbocycles. The monoisotopic (exact) mass is 481 g/mol. The van der Waals surface area contributed by atoms with Crippen molar-refractivity contribution in [1.82, 2.24) is 9.47 Å². The summed E-state index contributed by atoms with van der Waals surface area (Å²) in [6.45, 7) is 6.90. The molecule has 1 saturated heterocycles. The molecular weight excluding hydrogens is 446 g/mol. The average molecular weight is 482 g/mol. The summed E-state index contributed by atoms with van der Waals surface area (Å²) >= 11 is 0. The first-order chi connectivity index (χ1) is 17.5. The van der Waals surface area contributed by atoms with Crippen LogP contribution in [0.5, 0.6) is 5.75 Å². The van der Waals surface area contributed by atoms with E-state index >= 15 is 0 Å². The van der Waals surface area contributed by atoms with Gasteiger partial charge in [-0.05, 0) is 73.3 Å². The maximum Gasteiger partial charge on any atom is 0.226 e. The molecule has 0 saturated carbocycles. The number of nitrogens with one attached hydrogen (secondary N) is 1. The average Bonchev–Trinajstić information content (AvgIpc) is 3.27. The lowest BCUT2D eigenvalue weighted by atomic mass is 9.89. The lowest BCUT2D eigenvalue weighted by Gasteiger charge is -2.32. The Hall–Kier alpha value is -3.57. The molecule has 36 heavy (non-hydrogen) atoms. The van der Waals surface area contributed by atoms with Crippen LogP contribution in [0.15, 0.2) is 79.0 Å². The van der Waals surface area contributed by atoms with E-state index in [-0.39, 0.29) is 11.8 Å². The van der Waals surface area contributed by atoms with E-state index in [0.717, 1.165) is 49.6 Å². The predicted octanol–water partition coefficient (Wildman–Crippen LogP) is 6.61. The lowest BCUT2D eigenvalue weighted by Crippen LogP contribution is -2.32. The van der Waals surface area contributed by atoms with Gasteiger partial charge in [-0.25, -0.2) is 0 Å². The Balaban J connectivity index is 1.29. The highest BCUT2D eigenvalue weighted by atomic mass is 16.5. The first kappa shape index (κ1) is 24.1. The van der Waals surface area contributed by atoms with Gasteiger partial charge in [0, 0.05) is 41.5 Å². The van der Waals surface area contributed by atoms with Crippen LogP contribution in [0, 0.1) is 5.92 Å². The molecule has 186 valence electrons. The summed E-state index contributed by atoms with van der Waals surface area (Å²) in [7, 11) is 1.71. The fourth-order valence-corrected chi connectivity index (χ4v) is 5.17. The number of nitrogens with zero attached hydrogens (tertiary/aromatic N) is 2.